The fourth-order valence-electron chi connectivity index (χ4n) is 1.74. The Morgan fingerprint density at radius 2 is 2.60 bits per heavy atom. The molecule has 1 aromatic heterocycles. The zero-order valence-electron chi connectivity index (χ0n) is 8.75. The summed E-state index contributed by atoms with van der Waals surface area (Å²) in [5, 5.41) is 9.75. The lowest BCUT2D eigenvalue weighted by atomic mass is 10.1. The Morgan fingerprint density at radius 3 is 3.20 bits per heavy atom. The number of aromatic nitrogens is 1. The summed E-state index contributed by atoms with van der Waals surface area (Å²) in [6.07, 6.45) is 3.67. The quantitative estimate of drug-likeness (QED) is 0.742. The minimum Gasteiger partial charge on any atom is -0.351 e. The molecule has 0 bridgehead atoms. The van der Waals surface area contributed by atoms with Gasteiger partial charge in [0.2, 0.25) is 5.76 Å². The molecule has 5 nitrogen and oxygen atoms in total. The maximum atomic E-state index is 11.7. The Labute approximate surface area is 88.2 Å². The minimum atomic E-state index is -0.168. The van der Waals surface area contributed by atoms with Crippen LogP contribution in [0.15, 0.2) is 10.7 Å². The zero-order valence-corrected chi connectivity index (χ0v) is 8.75. The molecule has 2 rings (SSSR count). The first-order valence-corrected chi connectivity index (χ1v) is 5.20. The molecule has 5 heteroatoms. The Bertz CT molecular complexity index is 342. The van der Waals surface area contributed by atoms with Gasteiger partial charge < -0.3 is 15.2 Å². The molecule has 0 radical (unpaired) electrons. The van der Waals surface area contributed by atoms with E-state index in [9.17, 15) is 4.79 Å². The fraction of sp³-hybridized carbons (Fsp3) is 0.600. The minimum absolute atomic E-state index is 0.168. The van der Waals surface area contributed by atoms with Gasteiger partial charge in [0.05, 0.1) is 6.20 Å². The third-order valence-corrected chi connectivity index (χ3v) is 2.59. The normalized spacial score (nSPS) is 21.3. The first-order valence-electron chi connectivity index (χ1n) is 5.20. The van der Waals surface area contributed by atoms with E-state index in [0.29, 0.717) is 5.76 Å². The molecule has 1 fully saturated rings. The number of carbonyl (C=O) groups excluding carboxylic acids is 1. The number of amides is 1. The van der Waals surface area contributed by atoms with Crippen LogP contribution >= 0.6 is 0 Å². The van der Waals surface area contributed by atoms with E-state index in [4.69, 9.17) is 4.52 Å². The van der Waals surface area contributed by atoms with Crippen LogP contribution in [0.2, 0.25) is 0 Å². The molecule has 0 aromatic carbocycles. The number of aryl methyl sites for hydroxylation is 1. The second kappa shape index (κ2) is 4.44. The largest absolute Gasteiger partial charge is 0.351 e. The van der Waals surface area contributed by atoms with Crippen molar-refractivity contribution in [3.05, 3.63) is 17.5 Å². The molecule has 15 heavy (non-hydrogen) atoms. The van der Waals surface area contributed by atoms with E-state index in [2.05, 4.69) is 15.8 Å². The highest BCUT2D eigenvalue weighted by Gasteiger charge is 2.19. The second-order valence-corrected chi connectivity index (χ2v) is 3.85. The van der Waals surface area contributed by atoms with Crippen molar-refractivity contribution in [1.29, 1.82) is 0 Å². The van der Waals surface area contributed by atoms with Crippen molar-refractivity contribution in [3.8, 4) is 0 Å². The molecule has 1 amide bonds. The first-order chi connectivity index (χ1) is 7.27. The summed E-state index contributed by atoms with van der Waals surface area (Å²) in [4.78, 5) is 11.7. The summed E-state index contributed by atoms with van der Waals surface area (Å²) in [7, 11) is 0. The van der Waals surface area contributed by atoms with Crippen LogP contribution in [-0.2, 0) is 0 Å². The second-order valence-electron chi connectivity index (χ2n) is 3.85. The molecular weight excluding hydrogens is 194 g/mol. The molecule has 2 N–H and O–H groups in total. The SMILES string of the molecule is Cc1cnoc1C(=O)NC1CCCNC1. The Morgan fingerprint density at radius 1 is 1.73 bits per heavy atom. The number of nitrogens with zero attached hydrogens (tertiary/aromatic N) is 1. The number of rotatable bonds is 2. The molecule has 82 valence electrons. The van der Waals surface area contributed by atoms with Crippen LogP contribution in [0.5, 0.6) is 0 Å². The topological polar surface area (TPSA) is 67.2 Å². The van der Waals surface area contributed by atoms with E-state index < -0.39 is 0 Å². The molecule has 1 atom stereocenters. The van der Waals surface area contributed by atoms with Crippen molar-refractivity contribution in [2.45, 2.75) is 25.8 Å². The smallest absolute Gasteiger partial charge is 0.290 e. The summed E-state index contributed by atoms with van der Waals surface area (Å²) in [5.74, 6) is 0.152. The zero-order chi connectivity index (χ0) is 10.7. The Hall–Kier alpha value is -1.36. The van der Waals surface area contributed by atoms with Crippen LogP contribution in [0.1, 0.15) is 29.0 Å². The maximum absolute atomic E-state index is 11.7. The van der Waals surface area contributed by atoms with E-state index in [-0.39, 0.29) is 11.9 Å². The van der Waals surface area contributed by atoms with E-state index in [0.717, 1.165) is 31.5 Å². The van der Waals surface area contributed by atoms with Crippen LogP contribution < -0.4 is 10.6 Å². The van der Waals surface area contributed by atoms with Crippen molar-refractivity contribution >= 4 is 5.91 Å². The number of hydrogen-bond donors (Lipinski definition) is 2. The monoisotopic (exact) mass is 209 g/mol. The highest BCUT2D eigenvalue weighted by atomic mass is 16.5. The van der Waals surface area contributed by atoms with Crippen LogP contribution in [0.3, 0.4) is 0 Å². The number of hydrogen-bond acceptors (Lipinski definition) is 4. The molecule has 1 aliphatic heterocycles. The average Bonchev–Trinajstić information content (AvgIpc) is 2.66. The van der Waals surface area contributed by atoms with Crippen molar-refractivity contribution in [1.82, 2.24) is 15.8 Å². The molecule has 0 aliphatic carbocycles. The number of nitrogens with one attached hydrogen (secondary N) is 2. The lowest BCUT2D eigenvalue weighted by Crippen LogP contribution is -2.45. The molecular formula is C10H15N3O2. The average molecular weight is 209 g/mol. The maximum Gasteiger partial charge on any atom is 0.290 e. The Kier molecular flexibility index (Phi) is 3.01. The van der Waals surface area contributed by atoms with Gasteiger partial charge in [-0.15, -0.1) is 0 Å². The van der Waals surface area contributed by atoms with E-state index >= 15 is 0 Å². The predicted octanol–water partition coefficient (Wildman–Crippen LogP) is 0.465. The highest BCUT2D eigenvalue weighted by Crippen LogP contribution is 2.07. The van der Waals surface area contributed by atoms with Gasteiger partial charge in [-0.3, -0.25) is 4.79 Å². The van der Waals surface area contributed by atoms with Crippen LogP contribution in [-0.4, -0.2) is 30.2 Å². The van der Waals surface area contributed by atoms with Gasteiger partial charge in [0.1, 0.15) is 0 Å². The van der Waals surface area contributed by atoms with Crippen molar-refractivity contribution in [3.63, 3.8) is 0 Å². The van der Waals surface area contributed by atoms with Crippen LogP contribution in [0.25, 0.3) is 0 Å². The van der Waals surface area contributed by atoms with Gasteiger partial charge >= 0.3 is 0 Å². The van der Waals surface area contributed by atoms with Crippen LogP contribution in [0.4, 0.5) is 0 Å². The number of carbonyl (C=O) groups is 1. The van der Waals surface area contributed by atoms with Gasteiger partial charge in [-0.2, -0.15) is 0 Å². The molecule has 1 unspecified atom stereocenters. The first kappa shape index (κ1) is 10.2. The van der Waals surface area contributed by atoms with Gasteiger partial charge in [0.15, 0.2) is 0 Å². The predicted molar refractivity (Wildman–Crippen MR) is 54.6 cm³/mol. The summed E-state index contributed by atoms with van der Waals surface area (Å²) in [5.41, 5.74) is 0.774. The highest BCUT2D eigenvalue weighted by molar-refractivity contribution is 5.92. The molecule has 1 aromatic rings. The van der Waals surface area contributed by atoms with Crippen molar-refractivity contribution in [2.75, 3.05) is 13.1 Å². The molecule has 1 aliphatic rings. The van der Waals surface area contributed by atoms with Gasteiger partial charge in [-0.25, -0.2) is 0 Å². The summed E-state index contributed by atoms with van der Waals surface area (Å²) >= 11 is 0. The van der Waals surface area contributed by atoms with E-state index in [1.54, 1.807) is 6.20 Å². The molecule has 0 saturated carbocycles. The van der Waals surface area contributed by atoms with Crippen molar-refractivity contribution < 1.29 is 9.32 Å². The van der Waals surface area contributed by atoms with Crippen LogP contribution in [0, 0.1) is 6.92 Å². The molecule has 0 spiro atoms. The third-order valence-electron chi connectivity index (χ3n) is 2.59. The summed E-state index contributed by atoms with van der Waals surface area (Å²) < 4.78 is 4.89. The van der Waals surface area contributed by atoms with E-state index in [1.807, 2.05) is 6.92 Å². The van der Waals surface area contributed by atoms with Gasteiger partial charge in [0.25, 0.3) is 5.91 Å². The van der Waals surface area contributed by atoms with Gasteiger partial charge in [-0.05, 0) is 26.3 Å². The van der Waals surface area contributed by atoms with Gasteiger partial charge in [-0.1, -0.05) is 5.16 Å². The lowest BCUT2D eigenvalue weighted by Gasteiger charge is -2.23. The fourth-order valence-corrected chi connectivity index (χ4v) is 1.74. The third kappa shape index (κ3) is 2.36. The van der Waals surface area contributed by atoms with E-state index in [1.165, 1.54) is 0 Å². The summed E-state index contributed by atoms with van der Waals surface area (Å²) in [6.45, 7) is 3.68. The van der Waals surface area contributed by atoms with Gasteiger partial charge in [0, 0.05) is 18.2 Å². The lowest BCUT2D eigenvalue weighted by molar-refractivity contribution is 0.0892. The van der Waals surface area contributed by atoms with Crippen molar-refractivity contribution in [2.24, 2.45) is 0 Å². The number of piperidine rings is 1. The Balaban J connectivity index is 1.94. The molecule has 2 heterocycles. The standard InChI is InChI=1S/C10H15N3O2/c1-7-5-12-15-9(7)10(14)13-8-3-2-4-11-6-8/h5,8,11H,2-4,6H2,1H3,(H,13,14). The summed E-state index contributed by atoms with van der Waals surface area (Å²) in [6, 6.07) is 0.204. The molecule has 1 saturated heterocycles.